The first-order chi connectivity index (χ1) is 19.1. The summed E-state index contributed by atoms with van der Waals surface area (Å²) in [5, 5.41) is 5.44. The van der Waals surface area contributed by atoms with E-state index in [1.54, 1.807) is 24.6 Å². The van der Waals surface area contributed by atoms with Gasteiger partial charge in [0.1, 0.15) is 12.1 Å². The van der Waals surface area contributed by atoms with Crippen molar-refractivity contribution in [1.29, 1.82) is 0 Å². The molecule has 10 heteroatoms. The van der Waals surface area contributed by atoms with Crippen LogP contribution in [-0.4, -0.2) is 62.9 Å². The number of anilines is 1. The number of nitrogens with one attached hydrogen (secondary N) is 2. The molecule has 0 spiro atoms. The van der Waals surface area contributed by atoms with Gasteiger partial charge in [0.25, 0.3) is 11.8 Å². The van der Waals surface area contributed by atoms with Crippen molar-refractivity contribution in [2.75, 3.05) is 18.5 Å². The minimum absolute atomic E-state index is 0.0175. The molecule has 1 aliphatic rings. The van der Waals surface area contributed by atoms with Crippen LogP contribution in [0.4, 0.5) is 5.82 Å². The third-order valence-corrected chi connectivity index (χ3v) is 6.94. The Morgan fingerprint density at radius 1 is 1.10 bits per heavy atom. The van der Waals surface area contributed by atoms with Crippen LogP contribution < -0.4 is 16.4 Å². The Labute approximate surface area is 234 Å². The molecule has 4 N–H and O–H groups in total. The van der Waals surface area contributed by atoms with Gasteiger partial charge >= 0.3 is 0 Å². The molecule has 1 unspecified atom stereocenters. The van der Waals surface area contributed by atoms with Crippen LogP contribution in [0.5, 0.6) is 0 Å². The van der Waals surface area contributed by atoms with E-state index in [1.165, 1.54) is 6.33 Å². The molecule has 1 fully saturated rings. The summed E-state index contributed by atoms with van der Waals surface area (Å²) >= 11 is 0. The lowest BCUT2D eigenvalue weighted by Gasteiger charge is -2.28. The smallest absolute Gasteiger partial charge is 0.250 e. The Balaban J connectivity index is 1.50. The van der Waals surface area contributed by atoms with Gasteiger partial charge < -0.3 is 30.6 Å². The third-order valence-electron chi connectivity index (χ3n) is 6.94. The number of aromatic nitrogens is 2. The molecule has 2 heterocycles. The SMILES string of the molecule is C[C@H]1CCCN1C(=O)C(c1ccccc1)n1cnc(NC(=O)[C@@H](COCc2ccccc2)NC(=O)C(C)(C)N)c1. The van der Waals surface area contributed by atoms with E-state index in [4.69, 9.17) is 10.5 Å². The van der Waals surface area contributed by atoms with Gasteiger partial charge in [0.15, 0.2) is 5.82 Å². The van der Waals surface area contributed by atoms with E-state index in [9.17, 15) is 14.4 Å². The summed E-state index contributed by atoms with van der Waals surface area (Å²) < 4.78 is 7.47. The molecule has 3 aromatic rings. The van der Waals surface area contributed by atoms with E-state index in [1.807, 2.05) is 65.6 Å². The largest absolute Gasteiger partial charge is 0.374 e. The maximum atomic E-state index is 13.7. The maximum absolute atomic E-state index is 13.7. The first kappa shape index (κ1) is 29.0. The normalized spacial score (nSPS) is 16.8. The second-order valence-electron chi connectivity index (χ2n) is 10.8. The monoisotopic (exact) mass is 546 g/mol. The molecule has 1 aromatic heterocycles. The fourth-order valence-electron chi connectivity index (χ4n) is 4.65. The molecule has 212 valence electrons. The molecule has 10 nitrogen and oxygen atoms in total. The average molecular weight is 547 g/mol. The first-order valence-corrected chi connectivity index (χ1v) is 13.5. The zero-order chi connectivity index (χ0) is 28.7. The van der Waals surface area contributed by atoms with E-state index in [2.05, 4.69) is 22.5 Å². The van der Waals surface area contributed by atoms with E-state index < -0.39 is 29.4 Å². The third kappa shape index (κ3) is 7.34. The molecule has 0 aliphatic carbocycles. The Morgan fingerprint density at radius 2 is 1.77 bits per heavy atom. The van der Waals surface area contributed by atoms with Crippen molar-refractivity contribution in [2.45, 2.75) is 63.9 Å². The van der Waals surface area contributed by atoms with Gasteiger partial charge in [0, 0.05) is 18.8 Å². The van der Waals surface area contributed by atoms with Gasteiger partial charge in [-0.3, -0.25) is 14.4 Å². The molecule has 2 aromatic carbocycles. The number of ether oxygens (including phenoxy) is 1. The Hall–Kier alpha value is -4.02. The number of benzene rings is 2. The van der Waals surface area contributed by atoms with Gasteiger partial charge in [-0.2, -0.15) is 0 Å². The summed E-state index contributed by atoms with van der Waals surface area (Å²) in [7, 11) is 0. The second kappa shape index (κ2) is 12.9. The number of carbonyl (C=O) groups is 3. The molecule has 40 heavy (non-hydrogen) atoms. The second-order valence-corrected chi connectivity index (χ2v) is 10.8. The number of imidazole rings is 1. The Kier molecular flexibility index (Phi) is 9.34. The highest BCUT2D eigenvalue weighted by atomic mass is 16.5. The highest BCUT2D eigenvalue weighted by molar-refractivity contribution is 5.98. The van der Waals surface area contributed by atoms with Gasteiger partial charge in [0.2, 0.25) is 5.91 Å². The number of rotatable bonds is 11. The zero-order valence-corrected chi connectivity index (χ0v) is 23.2. The minimum atomic E-state index is -1.19. The summed E-state index contributed by atoms with van der Waals surface area (Å²) in [6.07, 6.45) is 5.11. The minimum Gasteiger partial charge on any atom is -0.374 e. The van der Waals surface area contributed by atoms with Crippen LogP contribution in [0.15, 0.2) is 73.2 Å². The summed E-state index contributed by atoms with van der Waals surface area (Å²) in [4.78, 5) is 45.8. The quantitative estimate of drug-likeness (QED) is 0.339. The number of likely N-dealkylation sites (tertiary alicyclic amines) is 1. The highest BCUT2D eigenvalue weighted by Crippen LogP contribution is 2.27. The van der Waals surface area contributed by atoms with Gasteiger partial charge in [-0.05, 0) is 44.7 Å². The van der Waals surface area contributed by atoms with Crippen LogP contribution in [0.2, 0.25) is 0 Å². The van der Waals surface area contributed by atoms with E-state index in [-0.39, 0.29) is 31.0 Å². The lowest BCUT2D eigenvalue weighted by molar-refractivity contribution is -0.134. The van der Waals surface area contributed by atoms with E-state index in [0.717, 1.165) is 24.0 Å². The summed E-state index contributed by atoms with van der Waals surface area (Å²) in [5.74, 6) is -0.763. The highest BCUT2D eigenvalue weighted by Gasteiger charge is 2.33. The summed E-state index contributed by atoms with van der Waals surface area (Å²) in [6.45, 7) is 6.10. The lowest BCUT2D eigenvalue weighted by atomic mass is 10.0. The molecule has 0 bridgehead atoms. The number of nitrogens with two attached hydrogens (primary N) is 1. The molecular weight excluding hydrogens is 508 g/mol. The fraction of sp³-hybridized carbons (Fsp3) is 0.400. The average Bonchev–Trinajstić information content (AvgIpc) is 3.57. The van der Waals surface area contributed by atoms with Crippen LogP contribution in [0.25, 0.3) is 0 Å². The molecule has 3 atom stereocenters. The number of amides is 3. The van der Waals surface area contributed by atoms with Crippen molar-refractivity contribution < 1.29 is 19.1 Å². The van der Waals surface area contributed by atoms with Gasteiger partial charge in [0.05, 0.1) is 25.1 Å². The van der Waals surface area contributed by atoms with Crippen molar-refractivity contribution in [3.63, 3.8) is 0 Å². The summed E-state index contributed by atoms with van der Waals surface area (Å²) in [5.41, 5.74) is 6.53. The number of hydrogen-bond donors (Lipinski definition) is 3. The predicted molar refractivity (Wildman–Crippen MR) is 152 cm³/mol. The molecular formula is C30H38N6O4. The molecule has 0 radical (unpaired) electrons. The van der Waals surface area contributed by atoms with E-state index >= 15 is 0 Å². The molecule has 1 aliphatic heterocycles. The van der Waals surface area contributed by atoms with Crippen LogP contribution in [-0.2, 0) is 25.7 Å². The van der Waals surface area contributed by atoms with Crippen molar-refractivity contribution in [3.05, 3.63) is 84.3 Å². The molecule has 1 saturated heterocycles. The number of nitrogens with zero attached hydrogens (tertiary/aromatic N) is 3. The first-order valence-electron chi connectivity index (χ1n) is 13.5. The Bertz CT molecular complexity index is 1290. The van der Waals surface area contributed by atoms with E-state index in [0.29, 0.717) is 6.54 Å². The lowest BCUT2D eigenvalue weighted by Crippen LogP contribution is -2.56. The topological polar surface area (TPSA) is 132 Å². The van der Waals surface area contributed by atoms with Gasteiger partial charge in [-0.1, -0.05) is 60.7 Å². The molecule has 0 saturated carbocycles. The standard InChI is InChI=1S/C30H38N6O4/c1-21-11-10-16-36(21)28(38)26(23-14-8-5-9-15-23)35-17-25(32-20-35)34-27(37)24(33-29(39)30(2,3)31)19-40-18-22-12-6-4-7-13-22/h4-9,12-15,17,20-21,24,26H,10-11,16,18-19,31H2,1-3H3,(H,33,39)(H,34,37)/t21-,24+,26?/m0/s1. The predicted octanol–water partition coefficient (Wildman–Crippen LogP) is 2.86. The van der Waals surface area contributed by atoms with Crippen LogP contribution in [0.3, 0.4) is 0 Å². The zero-order valence-electron chi connectivity index (χ0n) is 23.2. The fourth-order valence-corrected chi connectivity index (χ4v) is 4.65. The van der Waals surface area contributed by atoms with Crippen LogP contribution in [0, 0.1) is 0 Å². The van der Waals surface area contributed by atoms with Crippen molar-refractivity contribution in [2.24, 2.45) is 5.73 Å². The molecule has 4 rings (SSSR count). The van der Waals surface area contributed by atoms with Crippen LogP contribution in [0.1, 0.15) is 50.8 Å². The van der Waals surface area contributed by atoms with Crippen molar-refractivity contribution in [1.82, 2.24) is 19.8 Å². The van der Waals surface area contributed by atoms with Crippen LogP contribution >= 0.6 is 0 Å². The van der Waals surface area contributed by atoms with Crippen molar-refractivity contribution >= 4 is 23.5 Å². The number of hydrogen-bond acceptors (Lipinski definition) is 6. The Morgan fingerprint density at radius 3 is 2.40 bits per heavy atom. The van der Waals surface area contributed by atoms with Gasteiger partial charge in [-0.15, -0.1) is 0 Å². The van der Waals surface area contributed by atoms with Crippen molar-refractivity contribution in [3.8, 4) is 0 Å². The molecule has 3 amide bonds. The summed E-state index contributed by atoms with van der Waals surface area (Å²) in [6, 6.07) is 17.6. The number of carbonyl (C=O) groups excluding carboxylic acids is 3. The van der Waals surface area contributed by atoms with Gasteiger partial charge in [-0.25, -0.2) is 4.98 Å². The maximum Gasteiger partial charge on any atom is 0.250 e.